The van der Waals surface area contributed by atoms with Gasteiger partial charge in [-0.1, -0.05) is 35.9 Å². The molecule has 0 aromatic heterocycles. The van der Waals surface area contributed by atoms with E-state index in [1.807, 2.05) is 24.3 Å². The summed E-state index contributed by atoms with van der Waals surface area (Å²) in [5.41, 5.74) is 1.95. The van der Waals surface area contributed by atoms with Crippen molar-refractivity contribution in [2.45, 2.75) is 12.8 Å². The van der Waals surface area contributed by atoms with Crippen molar-refractivity contribution in [1.82, 2.24) is 0 Å². The molecule has 24 heavy (non-hydrogen) atoms. The number of halogens is 1. The lowest BCUT2D eigenvalue weighted by Gasteiger charge is -2.29. The number of carboxylic acid groups (broad SMARTS) is 1. The Hall–Kier alpha value is -2.53. The lowest BCUT2D eigenvalue weighted by molar-refractivity contribution is -0.120. The van der Waals surface area contributed by atoms with Gasteiger partial charge in [0.05, 0.1) is 5.02 Å². The highest BCUT2D eigenvalue weighted by molar-refractivity contribution is 6.32. The molecule has 0 spiro atoms. The molecule has 124 valence electrons. The van der Waals surface area contributed by atoms with Crippen molar-refractivity contribution in [3.8, 4) is 5.75 Å². The van der Waals surface area contributed by atoms with Crippen molar-refractivity contribution in [1.29, 1.82) is 0 Å². The monoisotopic (exact) mass is 345 g/mol. The maximum absolute atomic E-state index is 12.5. The minimum absolute atomic E-state index is 0.0188. The van der Waals surface area contributed by atoms with Crippen LogP contribution in [0.25, 0.3) is 0 Å². The highest BCUT2D eigenvalue weighted by Gasteiger charge is 2.23. The highest BCUT2D eigenvalue weighted by Crippen LogP contribution is 2.30. The normalized spacial score (nSPS) is 13.3. The molecule has 0 saturated heterocycles. The van der Waals surface area contributed by atoms with Crippen LogP contribution in [0.15, 0.2) is 42.5 Å². The number of anilines is 1. The van der Waals surface area contributed by atoms with Gasteiger partial charge in [0, 0.05) is 12.2 Å². The summed E-state index contributed by atoms with van der Waals surface area (Å²) in [5.74, 6) is -1.35. The van der Waals surface area contributed by atoms with Crippen LogP contribution >= 0.6 is 11.6 Å². The lowest BCUT2D eigenvalue weighted by atomic mass is 10.0. The van der Waals surface area contributed by atoms with E-state index >= 15 is 0 Å². The average Bonchev–Trinajstić information content (AvgIpc) is 2.59. The van der Waals surface area contributed by atoms with E-state index in [9.17, 15) is 14.7 Å². The van der Waals surface area contributed by atoms with Gasteiger partial charge in [0.15, 0.2) is 12.4 Å². The molecular formula is C18H16ClNO4. The number of carboxylic acids is 1. The topological polar surface area (TPSA) is 66.8 Å². The van der Waals surface area contributed by atoms with Crippen LogP contribution in [0, 0.1) is 0 Å². The molecule has 1 amide bonds. The number of fused-ring (bicyclic) bond motifs is 1. The second-order valence-corrected chi connectivity index (χ2v) is 5.90. The van der Waals surface area contributed by atoms with E-state index in [1.165, 1.54) is 18.2 Å². The first-order valence-electron chi connectivity index (χ1n) is 7.61. The minimum Gasteiger partial charge on any atom is -0.481 e. The molecule has 0 radical (unpaired) electrons. The maximum Gasteiger partial charge on any atom is 0.339 e. The molecule has 0 saturated carbocycles. The number of hydrogen-bond acceptors (Lipinski definition) is 3. The van der Waals surface area contributed by atoms with Crippen molar-refractivity contribution in [2.24, 2.45) is 0 Å². The number of nitrogens with zero attached hydrogens (tertiary/aromatic N) is 1. The van der Waals surface area contributed by atoms with Gasteiger partial charge in [0.25, 0.3) is 5.91 Å². The Morgan fingerprint density at radius 3 is 2.75 bits per heavy atom. The molecule has 1 aliphatic rings. The fraction of sp³-hybridized carbons (Fsp3) is 0.222. The highest BCUT2D eigenvalue weighted by atomic mass is 35.5. The molecule has 5 nitrogen and oxygen atoms in total. The first kappa shape index (κ1) is 16.3. The zero-order chi connectivity index (χ0) is 17.1. The van der Waals surface area contributed by atoms with E-state index < -0.39 is 5.97 Å². The summed E-state index contributed by atoms with van der Waals surface area (Å²) in [6.45, 7) is 0.353. The SMILES string of the molecule is O=C(O)c1cccc(Cl)c1OCC(=O)N1CCCc2ccccc21. The van der Waals surface area contributed by atoms with Crippen molar-refractivity contribution >= 4 is 29.2 Å². The molecule has 2 aromatic carbocycles. The van der Waals surface area contributed by atoms with Gasteiger partial charge in [-0.2, -0.15) is 0 Å². The summed E-state index contributed by atoms with van der Waals surface area (Å²) in [7, 11) is 0. The van der Waals surface area contributed by atoms with E-state index in [4.69, 9.17) is 16.3 Å². The average molecular weight is 346 g/mol. The molecule has 1 aliphatic heterocycles. The van der Waals surface area contributed by atoms with E-state index in [-0.39, 0.29) is 28.8 Å². The van der Waals surface area contributed by atoms with Gasteiger partial charge in [-0.3, -0.25) is 4.79 Å². The smallest absolute Gasteiger partial charge is 0.339 e. The minimum atomic E-state index is -1.15. The summed E-state index contributed by atoms with van der Waals surface area (Å²) in [6.07, 6.45) is 1.82. The molecule has 2 aromatic rings. The number of ether oxygens (including phenoxy) is 1. The third-order valence-electron chi connectivity index (χ3n) is 3.95. The summed E-state index contributed by atoms with van der Waals surface area (Å²) in [5, 5.41) is 9.37. The Morgan fingerprint density at radius 2 is 1.96 bits per heavy atom. The van der Waals surface area contributed by atoms with E-state index in [2.05, 4.69) is 0 Å². The first-order chi connectivity index (χ1) is 11.6. The number of aromatic carboxylic acids is 1. The molecule has 1 heterocycles. The van der Waals surface area contributed by atoms with E-state index in [0.29, 0.717) is 6.54 Å². The molecule has 3 rings (SSSR count). The molecule has 6 heteroatoms. The maximum atomic E-state index is 12.5. The van der Waals surface area contributed by atoms with Gasteiger partial charge in [-0.05, 0) is 36.6 Å². The van der Waals surface area contributed by atoms with Gasteiger partial charge >= 0.3 is 5.97 Å². The number of carbonyl (C=O) groups is 2. The van der Waals surface area contributed by atoms with Crippen molar-refractivity contribution in [3.05, 3.63) is 58.6 Å². The van der Waals surface area contributed by atoms with Crippen LogP contribution in [0.5, 0.6) is 5.75 Å². The quantitative estimate of drug-likeness (QED) is 0.922. The van der Waals surface area contributed by atoms with Crippen LogP contribution in [-0.2, 0) is 11.2 Å². The van der Waals surface area contributed by atoms with E-state index in [1.54, 1.807) is 4.90 Å². The second-order valence-electron chi connectivity index (χ2n) is 5.49. The predicted molar refractivity (Wildman–Crippen MR) is 91.0 cm³/mol. The second kappa shape index (κ2) is 6.93. The van der Waals surface area contributed by atoms with Crippen molar-refractivity contribution in [2.75, 3.05) is 18.1 Å². The number of hydrogen-bond donors (Lipinski definition) is 1. The Kier molecular flexibility index (Phi) is 4.71. The number of rotatable bonds is 4. The Morgan fingerprint density at radius 1 is 1.17 bits per heavy atom. The standard InChI is InChI=1S/C18H16ClNO4/c19-14-8-3-7-13(18(22)23)17(14)24-11-16(21)20-10-4-6-12-5-1-2-9-15(12)20/h1-3,5,7-9H,4,6,10-11H2,(H,22,23). The van der Waals surface area contributed by atoms with Gasteiger partial charge in [-0.25, -0.2) is 4.79 Å². The molecule has 0 bridgehead atoms. The number of amides is 1. The van der Waals surface area contributed by atoms with Crippen LogP contribution in [0.2, 0.25) is 5.02 Å². The van der Waals surface area contributed by atoms with Crippen LogP contribution in [-0.4, -0.2) is 30.1 Å². The number of para-hydroxylation sites is 2. The van der Waals surface area contributed by atoms with Crippen LogP contribution in [0.3, 0.4) is 0 Å². The van der Waals surface area contributed by atoms with E-state index in [0.717, 1.165) is 24.1 Å². The Labute approximate surface area is 144 Å². The Bertz CT molecular complexity index is 790. The summed E-state index contributed by atoms with van der Waals surface area (Å²) >= 11 is 6.01. The zero-order valence-corrected chi connectivity index (χ0v) is 13.6. The predicted octanol–water partition coefficient (Wildman–Crippen LogP) is 3.40. The summed E-state index contributed by atoms with van der Waals surface area (Å²) < 4.78 is 5.46. The number of carbonyl (C=O) groups excluding carboxylic acids is 1. The zero-order valence-electron chi connectivity index (χ0n) is 12.9. The van der Waals surface area contributed by atoms with Crippen molar-refractivity contribution < 1.29 is 19.4 Å². The molecule has 0 atom stereocenters. The van der Waals surface area contributed by atoms with Gasteiger partial charge in [-0.15, -0.1) is 0 Å². The van der Waals surface area contributed by atoms with Crippen LogP contribution < -0.4 is 9.64 Å². The Balaban J connectivity index is 1.77. The van der Waals surface area contributed by atoms with Gasteiger partial charge < -0.3 is 14.7 Å². The summed E-state index contributed by atoms with van der Waals surface area (Å²) in [4.78, 5) is 25.5. The third-order valence-corrected chi connectivity index (χ3v) is 4.25. The molecule has 0 fully saturated rings. The fourth-order valence-electron chi connectivity index (χ4n) is 2.83. The molecular weight excluding hydrogens is 330 g/mol. The van der Waals surface area contributed by atoms with Crippen LogP contribution in [0.1, 0.15) is 22.3 Å². The largest absolute Gasteiger partial charge is 0.481 e. The van der Waals surface area contributed by atoms with Gasteiger partial charge in [0.2, 0.25) is 0 Å². The number of benzene rings is 2. The lowest BCUT2D eigenvalue weighted by Crippen LogP contribution is -2.38. The van der Waals surface area contributed by atoms with Gasteiger partial charge in [0.1, 0.15) is 5.56 Å². The first-order valence-corrected chi connectivity index (χ1v) is 7.98. The number of aryl methyl sites for hydroxylation is 1. The fourth-order valence-corrected chi connectivity index (χ4v) is 3.06. The van der Waals surface area contributed by atoms with Crippen molar-refractivity contribution in [3.63, 3.8) is 0 Å². The molecule has 1 N–H and O–H groups in total. The van der Waals surface area contributed by atoms with Crippen LogP contribution in [0.4, 0.5) is 5.69 Å². The molecule has 0 unspecified atom stereocenters. The third kappa shape index (κ3) is 3.21. The molecule has 0 aliphatic carbocycles. The summed E-state index contributed by atoms with van der Waals surface area (Å²) in [6, 6.07) is 12.2.